The van der Waals surface area contributed by atoms with Crippen molar-refractivity contribution in [1.82, 2.24) is 4.57 Å². The van der Waals surface area contributed by atoms with Gasteiger partial charge in [0.25, 0.3) is 0 Å². The highest BCUT2D eigenvalue weighted by Gasteiger charge is 2.17. The zero-order chi connectivity index (χ0) is 20.1. The molecular weight excluding hydrogens is 362 g/mol. The average Bonchev–Trinajstić information content (AvgIpc) is 3.10. The number of fused-ring (bicyclic) bond motifs is 1. The number of Topliss-reactive ketones (excluding diaryl/α,β-unsaturated/α-hetero) is 1. The molecule has 7 nitrogen and oxygen atoms in total. The standard InChI is InChI=1S/C21H19NO6/c1-26-15-9-7-14(8-10-15)19(23)13-28-20(24)12-22-11-17(21(25)27-2)16-5-3-4-6-18(16)22/h3-11H,12-13H2,1-2H3. The fourth-order valence-corrected chi connectivity index (χ4v) is 2.84. The second-order valence-electron chi connectivity index (χ2n) is 5.99. The lowest BCUT2D eigenvalue weighted by atomic mass is 10.1. The number of esters is 2. The predicted octanol–water partition coefficient (Wildman–Crippen LogP) is 2.86. The Morgan fingerprint density at radius 2 is 1.68 bits per heavy atom. The van der Waals surface area contributed by atoms with E-state index < -0.39 is 11.9 Å². The van der Waals surface area contributed by atoms with Crippen molar-refractivity contribution in [3.8, 4) is 5.75 Å². The Morgan fingerprint density at radius 3 is 2.36 bits per heavy atom. The number of ether oxygens (including phenoxy) is 3. The first-order valence-corrected chi connectivity index (χ1v) is 8.52. The van der Waals surface area contributed by atoms with Gasteiger partial charge in [0, 0.05) is 22.7 Å². The van der Waals surface area contributed by atoms with Crippen molar-refractivity contribution in [3.63, 3.8) is 0 Å². The lowest BCUT2D eigenvalue weighted by Crippen LogP contribution is -2.18. The van der Waals surface area contributed by atoms with Crippen LogP contribution in [0, 0.1) is 0 Å². The number of ketones is 1. The molecule has 144 valence electrons. The third-order valence-corrected chi connectivity index (χ3v) is 4.27. The van der Waals surface area contributed by atoms with Crippen LogP contribution in [0.2, 0.25) is 0 Å². The van der Waals surface area contributed by atoms with Crippen molar-refractivity contribution in [3.05, 3.63) is 65.9 Å². The average molecular weight is 381 g/mol. The van der Waals surface area contributed by atoms with Gasteiger partial charge in [-0.05, 0) is 30.3 Å². The number of carbonyl (C=O) groups excluding carboxylic acids is 3. The maximum Gasteiger partial charge on any atom is 0.340 e. The molecule has 7 heteroatoms. The summed E-state index contributed by atoms with van der Waals surface area (Å²) in [5.74, 6) is -0.755. The van der Waals surface area contributed by atoms with Crippen molar-refractivity contribution in [2.45, 2.75) is 6.54 Å². The zero-order valence-electron chi connectivity index (χ0n) is 15.5. The summed E-state index contributed by atoms with van der Waals surface area (Å²) in [7, 11) is 2.84. The van der Waals surface area contributed by atoms with E-state index in [9.17, 15) is 14.4 Å². The van der Waals surface area contributed by atoms with E-state index in [4.69, 9.17) is 14.2 Å². The number of hydrogen-bond acceptors (Lipinski definition) is 6. The molecule has 1 aromatic heterocycles. The Kier molecular flexibility index (Phi) is 5.74. The molecule has 0 amide bonds. The van der Waals surface area contributed by atoms with Crippen LogP contribution in [0.25, 0.3) is 10.9 Å². The predicted molar refractivity (Wildman–Crippen MR) is 102 cm³/mol. The first kappa shape index (κ1) is 19.2. The molecule has 0 N–H and O–H groups in total. The molecule has 0 unspecified atom stereocenters. The maximum atomic E-state index is 12.2. The van der Waals surface area contributed by atoms with Crippen LogP contribution in [0.1, 0.15) is 20.7 Å². The van der Waals surface area contributed by atoms with Crippen LogP contribution in [0.4, 0.5) is 0 Å². The molecule has 0 saturated carbocycles. The molecule has 0 spiro atoms. The SMILES string of the molecule is COC(=O)c1cn(CC(=O)OCC(=O)c2ccc(OC)cc2)c2ccccc12. The van der Waals surface area contributed by atoms with E-state index in [2.05, 4.69) is 0 Å². The summed E-state index contributed by atoms with van der Waals surface area (Å²) in [5, 5.41) is 0.677. The van der Waals surface area contributed by atoms with E-state index in [0.717, 1.165) is 0 Å². The van der Waals surface area contributed by atoms with Crippen LogP contribution >= 0.6 is 0 Å². The summed E-state index contributed by atoms with van der Waals surface area (Å²) >= 11 is 0. The molecule has 0 bridgehead atoms. The Morgan fingerprint density at radius 1 is 0.964 bits per heavy atom. The second-order valence-corrected chi connectivity index (χ2v) is 5.99. The first-order chi connectivity index (χ1) is 13.5. The molecule has 28 heavy (non-hydrogen) atoms. The van der Waals surface area contributed by atoms with Gasteiger partial charge in [-0.25, -0.2) is 4.79 Å². The molecule has 3 rings (SSSR count). The Balaban J connectivity index is 1.68. The Hall–Kier alpha value is -3.61. The second kappa shape index (κ2) is 8.39. The molecule has 0 atom stereocenters. The fraction of sp³-hybridized carbons (Fsp3) is 0.190. The minimum atomic E-state index is -0.584. The molecule has 3 aromatic rings. The number of aromatic nitrogens is 1. The van der Waals surface area contributed by atoms with Gasteiger partial charge in [-0.15, -0.1) is 0 Å². The number of hydrogen-bond donors (Lipinski definition) is 0. The van der Waals surface area contributed by atoms with Crippen LogP contribution in [-0.2, 0) is 20.8 Å². The van der Waals surface area contributed by atoms with Crippen molar-refractivity contribution in [2.75, 3.05) is 20.8 Å². The van der Waals surface area contributed by atoms with E-state index in [1.165, 1.54) is 14.2 Å². The molecule has 1 heterocycles. The van der Waals surface area contributed by atoms with Crippen LogP contribution < -0.4 is 4.74 Å². The third kappa shape index (κ3) is 4.03. The quantitative estimate of drug-likeness (QED) is 0.462. The van der Waals surface area contributed by atoms with Gasteiger partial charge in [0.2, 0.25) is 0 Å². The van der Waals surface area contributed by atoms with Gasteiger partial charge in [0.15, 0.2) is 12.4 Å². The van der Waals surface area contributed by atoms with Crippen molar-refractivity contribution < 1.29 is 28.6 Å². The van der Waals surface area contributed by atoms with Crippen LogP contribution in [0.15, 0.2) is 54.7 Å². The molecule has 0 saturated heterocycles. The van der Waals surface area contributed by atoms with Crippen LogP contribution in [0.5, 0.6) is 5.75 Å². The smallest absolute Gasteiger partial charge is 0.340 e. The van der Waals surface area contributed by atoms with Gasteiger partial charge in [-0.3, -0.25) is 9.59 Å². The lowest BCUT2D eigenvalue weighted by Gasteiger charge is -2.07. The van der Waals surface area contributed by atoms with Crippen LogP contribution in [-0.4, -0.2) is 43.1 Å². The summed E-state index contributed by atoms with van der Waals surface area (Å²) in [6.07, 6.45) is 1.54. The van der Waals surface area contributed by atoms with Crippen molar-refractivity contribution >= 4 is 28.6 Å². The van der Waals surface area contributed by atoms with Gasteiger partial charge >= 0.3 is 11.9 Å². The van der Waals surface area contributed by atoms with Gasteiger partial charge < -0.3 is 18.8 Å². The van der Waals surface area contributed by atoms with Gasteiger partial charge in [-0.2, -0.15) is 0 Å². The fourth-order valence-electron chi connectivity index (χ4n) is 2.84. The molecule has 0 aliphatic heterocycles. The van der Waals surface area contributed by atoms with Gasteiger partial charge in [0.05, 0.1) is 19.8 Å². The molecule has 0 aliphatic carbocycles. The number of rotatable bonds is 7. The summed E-state index contributed by atoms with van der Waals surface area (Å²) in [5.41, 5.74) is 1.48. The third-order valence-electron chi connectivity index (χ3n) is 4.27. The van der Waals surface area contributed by atoms with E-state index >= 15 is 0 Å². The monoisotopic (exact) mass is 381 g/mol. The highest BCUT2D eigenvalue weighted by molar-refractivity contribution is 6.04. The number of benzene rings is 2. The summed E-state index contributed by atoms with van der Waals surface area (Å²) in [6, 6.07) is 13.7. The Bertz CT molecular complexity index is 1020. The van der Waals surface area contributed by atoms with E-state index in [1.807, 2.05) is 0 Å². The van der Waals surface area contributed by atoms with E-state index in [-0.39, 0.29) is 18.9 Å². The number of nitrogens with zero attached hydrogens (tertiary/aromatic N) is 1. The molecule has 0 aliphatic rings. The van der Waals surface area contributed by atoms with Gasteiger partial charge in [0.1, 0.15) is 12.3 Å². The van der Waals surface area contributed by atoms with Crippen molar-refractivity contribution in [2.24, 2.45) is 0 Å². The first-order valence-electron chi connectivity index (χ1n) is 8.52. The normalized spacial score (nSPS) is 10.5. The van der Waals surface area contributed by atoms with Crippen molar-refractivity contribution in [1.29, 1.82) is 0 Å². The highest BCUT2D eigenvalue weighted by Crippen LogP contribution is 2.22. The minimum Gasteiger partial charge on any atom is -0.497 e. The Labute approximate surface area is 161 Å². The topological polar surface area (TPSA) is 83.8 Å². The van der Waals surface area contributed by atoms with E-state index in [0.29, 0.717) is 27.8 Å². The number of methoxy groups -OCH3 is 2. The summed E-state index contributed by atoms with van der Waals surface area (Å²) in [4.78, 5) is 36.3. The number of carbonyl (C=O) groups is 3. The number of para-hydroxylation sites is 1. The molecule has 0 fully saturated rings. The lowest BCUT2D eigenvalue weighted by molar-refractivity contribution is -0.143. The van der Waals surface area contributed by atoms with Gasteiger partial charge in [-0.1, -0.05) is 18.2 Å². The highest BCUT2D eigenvalue weighted by atomic mass is 16.5. The molecular formula is C21H19NO6. The maximum absolute atomic E-state index is 12.2. The van der Waals surface area contributed by atoms with Crippen LogP contribution in [0.3, 0.4) is 0 Å². The molecule has 0 radical (unpaired) electrons. The van der Waals surface area contributed by atoms with E-state index in [1.54, 1.807) is 59.3 Å². The summed E-state index contributed by atoms with van der Waals surface area (Å²) in [6.45, 7) is -0.498. The summed E-state index contributed by atoms with van der Waals surface area (Å²) < 4.78 is 16.5. The minimum absolute atomic E-state index is 0.132. The zero-order valence-corrected chi connectivity index (χ0v) is 15.5. The molecule has 2 aromatic carbocycles. The largest absolute Gasteiger partial charge is 0.497 e.